The predicted octanol–water partition coefficient (Wildman–Crippen LogP) is 2.93. The molecule has 1 unspecified atom stereocenters. The number of hydrogen-bond donors (Lipinski definition) is 3. The Bertz CT molecular complexity index is 1320. The smallest absolute Gasteiger partial charge is 0.328 e. The molecule has 13 nitrogen and oxygen atoms in total. The van der Waals surface area contributed by atoms with Gasteiger partial charge in [0.2, 0.25) is 23.6 Å². The fraction of sp³-hybridized carbons (Fsp3) is 0.718. The molecule has 0 aliphatic carbocycles. The molecular formula is C39H65N5O8. The van der Waals surface area contributed by atoms with Gasteiger partial charge >= 0.3 is 5.97 Å². The monoisotopic (exact) mass is 731 g/mol. The summed E-state index contributed by atoms with van der Waals surface area (Å²) in [7, 11) is 6.04. The number of carbonyl (C=O) groups is 5. The van der Waals surface area contributed by atoms with E-state index < -0.39 is 53.7 Å². The second-order valence-electron chi connectivity index (χ2n) is 15.1. The number of nitrogens with zero attached hydrogens (tertiary/aromatic N) is 2. The standard InChI is InChI=1S/C39H65N5O8/c1-12-25(4)33(43(8)36(47)32(24(2)3)42-38(49)39(6,7)23-40)30(50-9)22-31(45)44-20-16-19-29(44)34(51-10)26(5)35(46)41-28(37(48)52-11)21-27-17-14-13-15-18-27/h13-15,17-18,24-26,28-30,32-34H,12,16,19-23,40H2,1-11H3,(H,41,46)(H,42,49)/t25-,26?,28-,29-,30+,32-,33-,34+/m0/s1. The Kier molecular flexibility index (Phi) is 17.7. The van der Waals surface area contributed by atoms with Crippen LogP contribution >= 0.6 is 0 Å². The summed E-state index contributed by atoms with van der Waals surface area (Å²) in [6.07, 6.45) is 1.04. The zero-order valence-corrected chi connectivity index (χ0v) is 33.3. The Balaban J connectivity index is 2.28. The first kappa shape index (κ1) is 44.6. The number of methoxy groups -OCH3 is 3. The number of rotatable bonds is 20. The minimum atomic E-state index is -0.892. The van der Waals surface area contributed by atoms with Crippen molar-refractivity contribution in [2.75, 3.05) is 41.5 Å². The molecule has 1 heterocycles. The number of nitrogens with one attached hydrogen (secondary N) is 2. The zero-order valence-electron chi connectivity index (χ0n) is 33.3. The van der Waals surface area contributed by atoms with Crippen LogP contribution in [0, 0.1) is 23.2 Å². The van der Waals surface area contributed by atoms with Gasteiger partial charge in [0.15, 0.2) is 0 Å². The molecule has 8 atom stereocenters. The number of amides is 4. The fourth-order valence-corrected chi connectivity index (χ4v) is 6.96. The van der Waals surface area contributed by atoms with Gasteiger partial charge in [-0.2, -0.15) is 0 Å². The molecule has 1 saturated heterocycles. The van der Waals surface area contributed by atoms with E-state index >= 15 is 0 Å². The van der Waals surface area contributed by atoms with Gasteiger partial charge in [-0.1, -0.05) is 71.4 Å². The van der Waals surface area contributed by atoms with Crippen LogP contribution in [0.25, 0.3) is 0 Å². The van der Waals surface area contributed by atoms with Crippen molar-refractivity contribution in [3.63, 3.8) is 0 Å². The molecule has 1 aliphatic heterocycles. The summed E-state index contributed by atoms with van der Waals surface area (Å²) in [5.74, 6) is -2.63. The number of likely N-dealkylation sites (N-methyl/N-ethyl adjacent to an activating group) is 1. The summed E-state index contributed by atoms with van der Waals surface area (Å²) in [6, 6.07) is 6.80. The lowest BCUT2D eigenvalue weighted by molar-refractivity contribution is -0.149. The van der Waals surface area contributed by atoms with E-state index in [0.717, 1.165) is 18.4 Å². The van der Waals surface area contributed by atoms with E-state index in [2.05, 4.69) is 10.6 Å². The van der Waals surface area contributed by atoms with Crippen LogP contribution in [0.1, 0.15) is 79.7 Å². The molecule has 4 N–H and O–H groups in total. The molecule has 294 valence electrons. The molecule has 52 heavy (non-hydrogen) atoms. The number of benzene rings is 1. The number of esters is 1. The predicted molar refractivity (Wildman–Crippen MR) is 200 cm³/mol. The average molecular weight is 732 g/mol. The van der Waals surface area contributed by atoms with Gasteiger partial charge in [0, 0.05) is 40.8 Å². The van der Waals surface area contributed by atoms with E-state index in [1.807, 2.05) is 58.0 Å². The highest BCUT2D eigenvalue weighted by molar-refractivity contribution is 5.90. The Morgan fingerprint density at radius 3 is 2.15 bits per heavy atom. The van der Waals surface area contributed by atoms with Crippen molar-refractivity contribution < 1.29 is 38.2 Å². The lowest BCUT2D eigenvalue weighted by atomic mass is 9.88. The highest BCUT2D eigenvalue weighted by atomic mass is 16.5. The van der Waals surface area contributed by atoms with E-state index in [0.29, 0.717) is 13.0 Å². The van der Waals surface area contributed by atoms with Gasteiger partial charge in [-0.05, 0) is 44.1 Å². The molecule has 2 rings (SSSR count). The number of likely N-dealkylation sites (tertiary alicyclic amines) is 1. The molecule has 13 heteroatoms. The van der Waals surface area contributed by atoms with Crippen LogP contribution in [0.3, 0.4) is 0 Å². The minimum absolute atomic E-state index is 0.00294. The molecule has 1 aromatic rings. The quantitative estimate of drug-likeness (QED) is 0.171. The molecule has 0 saturated carbocycles. The molecule has 1 aliphatic rings. The SMILES string of the molecule is CC[C@H](C)[C@@H]([C@@H](CC(=O)N1CCC[C@H]1[C@H](OC)C(C)C(=O)N[C@@H](Cc1ccccc1)C(=O)OC)OC)N(C)C(=O)[C@@H](NC(=O)C(C)(C)CN)C(C)C. The van der Waals surface area contributed by atoms with Crippen LogP contribution in [-0.4, -0.2) is 117 Å². The summed E-state index contributed by atoms with van der Waals surface area (Å²) < 4.78 is 16.9. The largest absolute Gasteiger partial charge is 0.467 e. The summed E-state index contributed by atoms with van der Waals surface area (Å²) in [4.78, 5) is 70.9. The molecule has 0 radical (unpaired) electrons. The summed E-state index contributed by atoms with van der Waals surface area (Å²) in [5, 5.41) is 5.77. The topological polar surface area (TPSA) is 170 Å². The van der Waals surface area contributed by atoms with Crippen molar-refractivity contribution in [3.8, 4) is 0 Å². The van der Waals surface area contributed by atoms with Crippen molar-refractivity contribution >= 4 is 29.6 Å². The van der Waals surface area contributed by atoms with Gasteiger partial charge in [-0.15, -0.1) is 0 Å². The normalized spacial score (nSPS) is 18.8. The second kappa shape index (κ2) is 20.6. The Morgan fingerprint density at radius 1 is 1.00 bits per heavy atom. The minimum Gasteiger partial charge on any atom is -0.467 e. The molecule has 4 amide bonds. The van der Waals surface area contributed by atoms with E-state index in [1.54, 1.807) is 37.6 Å². The summed E-state index contributed by atoms with van der Waals surface area (Å²) in [5.41, 5.74) is 5.86. The van der Waals surface area contributed by atoms with Crippen molar-refractivity contribution in [1.29, 1.82) is 0 Å². The van der Waals surface area contributed by atoms with E-state index in [9.17, 15) is 24.0 Å². The number of carbonyl (C=O) groups excluding carboxylic acids is 5. The zero-order chi connectivity index (χ0) is 39.3. The first-order valence-corrected chi connectivity index (χ1v) is 18.5. The lowest BCUT2D eigenvalue weighted by Crippen LogP contribution is -2.59. The fourth-order valence-electron chi connectivity index (χ4n) is 6.96. The maximum atomic E-state index is 14.1. The van der Waals surface area contributed by atoms with Crippen LogP contribution in [0.2, 0.25) is 0 Å². The second-order valence-corrected chi connectivity index (χ2v) is 15.1. The third-order valence-corrected chi connectivity index (χ3v) is 10.7. The first-order valence-electron chi connectivity index (χ1n) is 18.5. The van der Waals surface area contributed by atoms with Crippen LogP contribution in [0.4, 0.5) is 0 Å². The number of ether oxygens (including phenoxy) is 3. The average Bonchev–Trinajstić information content (AvgIpc) is 3.62. The van der Waals surface area contributed by atoms with E-state index in [1.165, 1.54) is 21.3 Å². The van der Waals surface area contributed by atoms with Crippen LogP contribution in [0.5, 0.6) is 0 Å². The van der Waals surface area contributed by atoms with Gasteiger partial charge in [-0.3, -0.25) is 19.2 Å². The van der Waals surface area contributed by atoms with Crippen LogP contribution < -0.4 is 16.4 Å². The lowest BCUT2D eigenvalue weighted by Gasteiger charge is -2.41. The van der Waals surface area contributed by atoms with Crippen LogP contribution in [0.15, 0.2) is 30.3 Å². The van der Waals surface area contributed by atoms with Gasteiger partial charge in [0.25, 0.3) is 0 Å². The van der Waals surface area contributed by atoms with Gasteiger partial charge in [-0.25, -0.2) is 4.79 Å². The highest BCUT2D eigenvalue weighted by Gasteiger charge is 2.43. The van der Waals surface area contributed by atoms with Crippen molar-refractivity contribution in [1.82, 2.24) is 20.4 Å². The maximum Gasteiger partial charge on any atom is 0.328 e. The number of hydrogen-bond acceptors (Lipinski definition) is 9. The molecular weight excluding hydrogens is 666 g/mol. The van der Waals surface area contributed by atoms with Crippen molar-refractivity contribution in [2.24, 2.45) is 28.9 Å². The summed E-state index contributed by atoms with van der Waals surface area (Å²) >= 11 is 0. The molecule has 0 aromatic heterocycles. The maximum absolute atomic E-state index is 14.1. The van der Waals surface area contributed by atoms with E-state index in [-0.39, 0.29) is 54.9 Å². The molecule has 1 aromatic carbocycles. The van der Waals surface area contributed by atoms with Gasteiger partial charge < -0.3 is 40.4 Å². The number of nitrogens with two attached hydrogens (primary N) is 1. The van der Waals surface area contributed by atoms with Gasteiger partial charge in [0.1, 0.15) is 12.1 Å². The molecule has 1 fully saturated rings. The highest BCUT2D eigenvalue weighted by Crippen LogP contribution is 2.30. The first-order chi connectivity index (χ1) is 24.5. The Labute approximate surface area is 311 Å². The molecule has 0 bridgehead atoms. The van der Waals surface area contributed by atoms with Crippen molar-refractivity contribution in [3.05, 3.63) is 35.9 Å². The van der Waals surface area contributed by atoms with Crippen LogP contribution in [-0.2, 0) is 44.6 Å². The third-order valence-electron chi connectivity index (χ3n) is 10.7. The Hall–Kier alpha value is -3.55. The molecule has 0 spiro atoms. The van der Waals surface area contributed by atoms with Gasteiger partial charge in [0.05, 0.1) is 49.2 Å². The Morgan fingerprint density at radius 2 is 1.63 bits per heavy atom. The third kappa shape index (κ3) is 11.5. The van der Waals surface area contributed by atoms with E-state index in [4.69, 9.17) is 19.9 Å². The van der Waals surface area contributed by atoms with Crippen molar-refractivity contribution in [2.45, 2.75) is 117 Å². The summed E-state index contributed by atoms with van der Waals surface area (Å²) in [6.45, 7) is 13.6.